The first-order chi connectivity index (χ1) is 15.7. The van der Waals surface area contributed by atoms with Gasteiger partial charge in [0.05, 0.1) is 5.69 Å². The van der Waals surface area contributed by atoms with Crippen molar-refractivity contribution in [3.05, 3.63) is 72.1 Å². The number of guanidine groups is 1. The third-order valence-electron chi connectivity index (χ3n) is 5.60. The van der Waals surface area contributed by atoms with E-state index < -0.39 is 0 Å². The summed E-state index contributed by atoms with van der Waals surface area (Å²) in [7, 11) is 0. The fraction of sp³-hybridized carbons (Fsp3) is 0.385. The molecule has 0 spiro atoms. The maximum atomic E-state index is 6.12. The molecule has 1 fully saturated rings. The maximum Gasteiger partial charge on any atom is 0.226 e. The summed E-state index contributed by atoms with van der Waals surface area (Å²) < 4.78 is 11.8. The average molecular weight is 560 g/mol. The number of benzene rings is 2. The van der Waals surface area contributed by atoms with Crippen LogP contribution in [0, 0.1) is 6.92 Å². The van der Waals surface area contributed by atoms with E-state index in [9.17, 15) is 0 Å². The Morgan fingerprint density at radius 2 is 1.85 bits per heavy atom. The lowest BCUT2D eigenvalue weighted by atomic mass is 10.1. The quantitative estimate of drug-likeness (QED) is 0.241. The Morgan fingerprint density at radius 3 is 2.55 bits per heavy atom. The van der Waals surface area contributed by atoms with Crippen LogP contribution < -0.4 is 10.1 Å². The molecule has 3 aromatic rings. The minimum Gasteiger partial charge on any atom is -0.490 e. The number of hydrogen-bond donors (Lipinski definition) is 1. The number of halogens is 1. The monoisotopic (exact) mass is 560 g/mol. The van der Waals surface area contributed by atoms with E-state index in [0.717, 1.165) is 61.9 Å². The highest BCUT2D eigenvalue weighted by Crippen LogP contribution is 2.20. The summed E-state index contributed by atoms with van der Waals surface area (Å²) in [6.07, 6.45) is 4.72. The highest BCUT2D eigenvalue weighted by molar-refractivity contribution is 14.0. The van der Waals surface area contributed by atoms with E-state index in [1.165, 1.54) is 5.56 Å². The van der Waals surface area contributed by atoms with E-state index in [2.05, 4.69) is 41.2 Å². The molecule has 1 N–H and O–H groups in total. The Bertz CT molecular complexity index is 997. The summed E-state index contributed by atoms with van der Waals surface area (Å²) in [5, 5.41) is 3.43. The zero-order valence-corrected chi connectivity index (χ0v) is 21.7. The predicted molar refractivity (Wildman–Crippen MR) is 143 cm³/mol. The number of nitrogens with zero attached hydrogens (tertiary/aromatic N) is 3. The summed E-state index contributed by atoms with van der Waals surface area (Å²) in [5.74, 6) is 2.58. The molecule has 0 unspecified atom stereocenters. The van der Waals surface area contributed by atoms with E-state index in [1.807, 2.05) is 42.5 Å². The molecule has 1 aliphatic rings. The van der Waals surface area contributed by atoms with Gasteiger partial charge in [0, 0.05) is 51.0 Å². The summed E-state index contributed by atoms with van der Waals surface area (Å²) in [6, 6.07) is 18.3. The molecular formula is C26H33IN4O2. The average Bonchev–Trinajstić information content (AvgIpc) is 3.29. The molecule has 0 atom stereocenters. The van der Waals surface area contributed by atoms with Crippen LogP contribution in [0.2, 0.25) is 0 Å². The molecule has 7 heteroatoms. The van der Waals surface area contributed by atoms with Crippen LogP contribution in [-0.2, 0) is 6.42 Å². The number of rotatable bonds is 7. The van der Waals surface area contributed by atoms with Crippen molar-refractivity contribution in [2.24, 2.45) is 4.99 Å². The van der Waals surface area contributed by atoms with Gasteiger partial charge in [0.25, 0.3) is 0 Å². The van der Waals surface area contributed by atoms with Gasteiger partial charge >= 0.3 is 0 Å². The van der Waals surface area contributed by atoms with Gasteiger partial charge in [-0.1, -0.05) is 35.9 Å². The van der Waals surface area contributed by atoms with E-state index in [0.29, 0.717) is 12.4 Å². The van der Waals surface area contributed by atoms with Crippen molar-refractivity contribution in [1.82, 2.24) is 15.2 Å². The van der Waals surface area contributed by atoms with E-state index >= 15 is 0 Å². The van der Waals surface area contributed by atoms with Crippen LogP contribution in [0.1, 0.15) is 31.0 Å². The van der Waals surface area contributed by atoms with Gasteiger partial charge in [-0.05, 0) is 38.1 Å². The van der Waals surface area contributed by atoms with Gasteiger partial charge in [-0.15, -0.1) is 24.0 Å². The minimum atomic E-state index is 0. The second-order valence-electron chi connectivity index (χ2n) is 8.11. The lowest BCUT2D eigenvalue weighted by molar-refractivity contribution is 0.129. The fourth-order valence-electron chi connectivity index (χ4n) is 3.83. The van der Waals surface area contributed by atoms with Crippen LogP contribution in [0.3, 0.4) is 0 Å². The van der Waals surface area contributed by atoms with Crippen LogP contribution in [0.15, 0.2) is 70.3 Å². The molecule has 0 amide bonds. The van der Waals surface area contributed by atoms with Crippen molar-refractivity contribution < 1.29 is 9.15 Å². The second-order valence-corrected chi connectivity index (χ2v) is 8.11. The van der Waals surface area contributed by atoms with E-state index in [4.69, 9.17) is 14.1 Å². The minimum absolute atomic E-state index is 0. The van der Waals surface area contributed by atoms with Crippen LogP contribution in [0.5, 0.6) is 5.75 Å². The molecule has 4 rings (SSSR count). The molecule has 0 bridgehead atoms. The first-order valence-electron chi connectivity index (χ1n) is 11.5. The molecule has 0 aliphatic carbocycles. The summed E-state index contributed by atoms with van der Waals surface area (Å²) in [4.78, 5) is 11.8. The molecule has 1 saturated heterocycles. The van der Waals surface area contributed by atoms with Gasteiger partial charge in [0.1, 0.15) is 18.1 Å². The Balaban J connectivity index is 0.00000306. The fourth-order valence-corrected chi connectivity index (χ4v) is 3.83. The van der Waals surface area contributed by atoms with Gasteiger partial charge in [0.2, 0.25) is 5.89 Å². The normalized spacial score (nSPS) is 14.6. The predicted octanol–water partition coefficient (Wildman–Crippen LogP) is 5.32. The molecule has 2 heterocycles. The smallest absolute Gasteiger partial charge is 0.226 e. The molecule has 2 aromatic carbocycles. The van der Waals surface area contributed by atoms with E-state index in [-0.39, 0.29) is 30.1 Å². The van der Waals surface area contributed by atoms with Crippen molar-refractivity contribution in [2.45, 2.75) is 39.2 Å². The third-order valence-corrected chi connectivity index (χ3v) is 5.60. The Labute approximate surface area is 213 Å². The van der Waals surface area contributed by atoms with Crippen molar-refractivity contribution in [3.8, 4) is 17.2 Å². The van der Waals surface area contributed by atoms with Crippen molar-refractivity contribution in [3.63, 3.8) is 0 Å². The van der Waals surface area contributed by atoms with Crippen LogP contribution in [-0.4, -0.2) is 48.1 Å². The van der Waals surface area contributed by atoms with Gasteiger partial charge in [0.15, 0.2) is 5.96 Å². The highest BCUT2D eigenvalue weighted by atomic mass is 127. The number of aliphatic imine (C=N–C) groups is 1. The number of para-hydroxylation sites is 1. The summed E-state index contributed by atoms with van der Waals surface area (Å²) in [6.45, 7) is 7.56. The summed E-state index contributed by atoms with van der Waals surface area (Å²) in [5.41, 5.74) is 3.15. The van der Waals surface area contributed by atoms with Crippen LogP contribution in [0.25, 0.3) is 11.5 Å². The molecular weight excluding hydrogens is 527 g/mol. The van der Waals surface area contributed by atoms with Gasteiger partial charge < -0.3 is 19.4 Å². The number of oxazole rings is 1. The molecule has 1 aromatic heterocycles. The van der Waals surface area contributed by atoms with Crippen molar-refractivity contribution in [1.29, 1.82) is 0 Å². The Hall–Kier alpha value is -2.55. The number of nitrogens with one attached hydrogen (secondary N) is 1. The van der Waals surface area contributed by atoms with Crippen LogP contribution >= 0.6 is 24.0 Å². The SMILES string of the molecule is CCNC(=NCCc1coc(-c2ccc(C)cc2)n1)N1CCC(Oc2ccccc2)CC1.I. The topological polar surface area (TPSA) is 62.9 Å². The first-order valence-corrected chi connectivity index (χ1v) is 11.5. The maximum absolute atomic E-state index is 6.12. The highest BCUT2D eigenvalue weighted by Gasteiger charge is 2.22. The number of piperidine rings is 1. The van der Waals surface area contributed by atoms with Crippen molar-refractivity contribution in [2.75, 3.05) is 26.2 Å². The zero-order valence-electron chi connectivity index (χ0n) is 19.4. The Kier molecular flexibility index (Phi) is 9.60. The van der Waals surface area contributed by atoms with Crippen LogP contribution in [0.4, 0.5) is 0 Å². The number of aryl methyl sites for hydroxylation is 1. The molecule has 0 radical (unpaired) electrons. The van der Waals surface area contributed by atoms with E-state index in [1.54, 1.807) is 6.26 Å². The van der Waals surface area contributed by atoms with Crippen molar-refractivity contribution >= 4 is 29.9 Å². The number of aromatic nitrogens is 1. The lowest BCUT2D eigenvalue weighted by Crippen LogP contribution is -2.47. The van der Waals surface area contributed by atoms with Gasteiger partial charge in [-0.3, -0.25) is 4.99 Å². The molecule has 33 heavy (non-hydrogen) atoms. The molecule has 176 valence electrons. The van der Waals surface area contributed by atoms with Gasteiger partial charge in [-0.25, -0.2) is 4.98 Å². The number of likely N-dealkylation sites (tertiary alicyclic amines) is 1. The molecule has 6 nitrogen and oxygen atoms in total. The van der Waals surface area contributed by atoms with Gasteiger partial charge in [-0.2, -0.15) is 0 Å². The standard InChI is InChI=1S/C26H32N4O2.HI/c1-3-27-26(30-17-14-24(15-18-30)32-23-7-5-4-6-8-23)28-16-13-22-19-31-25(29-22)21-11-9-20(2)10-12-21;/h4-12,19,24H,3,13-18H2,1-2H3,(H,27,28);1H. The Morgan fingerprint density at radius 1 is 1.12 bits per heavy atom. The third kappa shape index (κ3) is 7.22. The number of hydrogen-bond acceptors (Lipinski definition) is 4. The largest absolute Gasteiger partial charge is 0.490 e. The lowest BCUT2D eigenvalue weighted by Gasteiger charge is -2.34. The molecule has 1 aliphatic heterocycles. The first kappa shape index (κ1) is 25.1. The molecule has 0 saturated carbocycles. The summed E-state index contributed by atoms with van der Waals surface area (Å²) >= 11 is 0. The second kappa shape index (κ2) is 12.6. The zero-order chi connectivity index (χ0) is 22.2. The number of ether oxygens (including phenoxy) is 1.